The topological polar surface area (TPSA) is 49.8 Å². The van der Waals surface area contributed by atoms with E-state index in [1.807, 2.05) is 39.8 Å². The minimum atomic E-state index is -0.660. The number of rotatable bonds is 4. The molecule has 0 spiro atoms. The van der Waals surface area contributed by atoms with Crippen molar-refractivity contribution in [1.82, 2.24) is 4.90 Å². The molecule has 1 rings (SSSR count). The molecule has 5 heteroatoms. The zero-order valence-corrected chi connectivity index (χ0v) is 14.1. The minimum absolute atomic E-state index is 0.392. The average Bonchev–Trinajstić information content (AvgIpc) is 2.32. The SMILES string of the molecule is Cc1cc(Cl)cc([C@H](O)CCN(C)C(=O)OC(C)(C)C)c1. The average molecular weight is 314 g/mol. The van der Waals surface area contributed by atoms with Crippen molar-refractivity contribution in [1.29, 1.82) is 0 Å². The first-order valence-corrected chi connectivity index (χ1v) is 7.35. The molecule has 0 fully saturated rings. The summed E-state index contributed by atoms with van der Waals surface area (Å²) < 4.78 is 5.26. The lowest BCUT2D eigenvalue weighted by molar-refractivity contribution is 0.0273. The Morgan fingerprint density at radius 1 is 1.38 bits per heavy atom. The molecule has 0 saturated heterocycles. The Morgan fingerprint density at radius 3 is 2.52 bits per heavy atom. The third-order valence-electron chi connectivity index (χ3n) is 2.89. The van der Waals surface area contributed by atoms with E-state index < -0.39 is 17.8 Å². The molecule has 1 aromatic rings. The summed E-state index contributed by atoms with van der Waals surface area (Å²) in [4.78, 5) is 13.3. The van der Waals surface area contributed by atoms with Gasteiger partial charge >= 0.3 is 6.09 Å². The number of benzene rings is 1. The Morgan fingerprint density at radius 2 is 2.00 bits per heavy atom. The smallest absolute Gasteiger partial charge is 0.410 e. The van der Waals surface area contributed by atoms with Crippen LogP contribution < -0.4 is 0 Å². The number of hydrogen-bond acceptors (Lipinski definition) is 3. The van der Waals surface area contributed by atoms with Crippen LogP contribution in [0, 0.1) is 6.92 Å². The van der Waals surface area contributed by atoms with Crippen LogP contribution in [-0.4, -0.2) is 35.3 Å². The quantitative estimate of drug-likeness (QED) is 0.916. The number of halogens is 1. The molecule has 0 aliphatic rings. The molecule has 1 N–H and O–H groups in total. The molecule has 0 heterocycles. The standard InChI is InChI=1S/C16H24ClNO3/c1-11-8-12(10-13(17)9-11)14(19)6-7-18(5)15(20)21-16(2,3)4/h8-10,14,19H,6-7H2,1-5H3/t14-/m1/s1. The Hall–Kier alpha value is -1.26. The van der Waals surface area contributed by atoms with E-state index in [2.05, 4.69) is 0 Å². The third kappa shape index (κ3) is 6.36. The Kier molecular flexibility index (Phi) is 6.05. The predicted molar refractivity (Wildman–Crippen MR) is 84.6 cm³/mol. The Bertz CT molecular complexity index is 477. The number of amides is 1. The molecule has 0 aliphatic heterocycles. The van der Waals surface area contributed by atoms with Gasteiger partial charge in [-0.15, -0.1) is 0 Å². The van der Waals surface area contributed by atoms with E-state index in [-0.39, 0.29) is 0 Å². The van der Waals surface area contributed by atoms with Crippen molar-refractivity contribution in [2.45, 2.75) is 45.8 Å². The van der Waals surface area contributed by atoms with Gasteiger partial charge in [0.15, 0.2) is 0 Å². The van der Waals surface area contributed by atoms with E-state index in [9.17, 15) is 9.90 Å². The zero-order chi connectivity index (χ0) is 16.2. The zero-order valence-electron chi connectivity index (χ0n) is 13.3. The van der Waals surface area contributed by atoms with Crippen LogP contribution in [0.1, 0.15) is 44.4 Å². The highest BCUT2D eigenvalue weighted by Gasteiger charge is 2.20. The first-order valence-electron chi connectivity index (χ1n) is 6.98. The third-order valence-corrected chi connectivity index (χ3v) is 3.11. The van der Waals surface area contributed by atoms with Gasteiger partial charge in [0.2, 0.25) is 0 Å². The van der Waals surface area contributed by atoms with Gasteiger partial charge in [-0.05, 0) is 57.4 Å². The van der Waals surface area contributed by atoms with Crippen molar-refractivity contribution in [2.24, 2.45) is 0 Å². The van der Waals surface area contributed by atoms with Crippen LogP contribution in [0.25, 0.3) is 0 Å². The molecule has 1 amide bonds. The Labute approximate surface area is 131 Å². The van der Waals surface area contributed by atoms with E-state index in [0.717, 1.165) is 11.1 Å². The number of nitrogens with zero attached hydrogens (tertiary/aromatic N) is 1. The minimum Gasteiger partial charge on any atom is -0.444 e. The summed E-state index contributed by atoms with van der Waals surface area (Å²) in [7, 11) is 1.66. The van der Waals surface area contributed by atoms with Crippen LogP contribution in [0.15, 0.2) is 18.2 Å². The second-order valence-electron chi connectivity index (χ2n) is 6.27. The lowest BCUT2D eigenvalue weighted by Crippen LogP contribution is -2.35. The van der Waals surface area contributed by atoms with Crippen molar-refractivity contribution >= 4 is 17.7 Å². The lowest BCUT2D eigenvalue weighted by atomic mass is 10.0. The fourth-order valence-electron chi connectivity index (χ4n) is 1.87. The number of aliphatic hydroxyl groups excluding tert-OH is 1. The monoisotopic (exact) mass is 313 g/mol. The highest BCUT2D eigenvalue weighted by Crippen LogP contribution is 2.22. The van der Waals surface area contributed by atoms with Crippen molar-refractivity contribution in [2.75, 3.05) is 13.6 Å². The fraction of sp³-hybridized carbons (Fsp3) is 0.562. The molecular weight excluding hydrogens is 290 g/mol. The number of ether oxygens (including phenoxy) is 1. The van der Waals surface area contributed by atoms with Crippen LogP contribution in [0.5, 0.6) is 0 Å². The van der Waals surface area contributed by atoms with Gasteiger partial charge in [0.1, 0.15) is 5.60 Å². The van der Waals surface area contributed by atoms with Gasteiger partial charge in [-0.2, -0.15) is 0 Å². The molecule has 4 nitrogen and oxygen atoms in total. The first-order chi connectivity index (χ1) is 9.58. The van der Waals surface area contributed by atoms with Crippen molar-refractivity contribution in [3.8, 4) is 0 Å². The van der Waals surface area contributed by atoms with E-state index in [1.54, 1.807) is 13.1 Å². The van der Waals surface area contributed by atoms with Crippen LogP contribution >= 0.6 is 11.6 Å². The summed E-state index contributed by atoms with van der Waals surface area (Å²) in [6.45, 7) is 7.80. The maximum absolute atomic E-state index is 11.8. The maximum Gasteiger partial charge on any atom is 0.410 e. The van der Waals surface area contributed by atoms with Crippen LogP contribution in [0.3, 0.4) is 0 Å². The molecule has 1 atom stereocenters. The van der Waals surface area contributed by atoms with E-state index in [0.29, 0.717) is 18.0 Å². The first kappa shape index (κ1) is 17.8. The van der Waals surface area contributed by atoms with Crippen LogP contribution in [0.2, 0.25) is 5.02 Å². The van der Waals surface area contributed by atoms with Gasteiger partial charge in [0.25, 0.3) is 0 Å². The molecule has 0 aliphatic carbocycles. The summed E-state index contributed by atoms with van der Waals surface area (Å²) in [5.41, 5.74) is 1.24. The predicted octanol–water partition coefficient (Wildman–Crippen LogP) is 3.94. The van der Waals surface area contributed by atoms with Crippen LogP contribution in [-0.2, 0) is 4.74 Å². The molecule has 21 heavy (non-hydrogen) atoms. The van der Waals surface area contributed by atoms with Gasteiger partial charge in [0, 0.05) is 18.6 Å². The second kappa shape index (κ2) is 7.14. The highest BCUT2D eigenvalue weighted by molar-refractivity contribution is 6.30. The van der Waals surface area contributed by atoms with Crippen LogP contribution in [0.4, 0.5) is 4.79 Å². The molecule has 0 aromatic heterocycles. The van der Waals surface area contributed by atoms with Gasteiger partial charge in [0.05, 0.1) is 6.10 Å². The Balaban J connectivity index is 2.56. The summed E-state index contributed by atoms with van der Waals surface area (Å²) in [5.74, 6) is 0. The lowest BCUT2D eigenvalue weighted by Gasteiger charge is -2.25. The van der Waals surface area contributed by atoms with E-state index in [1.165, 1.54) is 4.90 Å². The molecular formula is C16H24ClNO3. The van der Waals surface area contributed by atoms with Gasteiger partial charge in [-0.3, -0.25) is 0 Å². The van der Waals surface area contributed by atoms with Crippen molar-refractivity contribution in [3.05, 3.63) is 34.3 Å². The maximum atomic E-state index is 11.8. The van der Waals surface area contributed by atoms with E-state index >= 15 is 0 Å². The molecule has 118 valence electrons. The molecule has 0 radical (unpaired) electrons. The number of hydrogen-bond donors (Lipinski definition) is 1. The largest absolute Gasteiger partial charge is 0.444 e. The van der Waals surface area contributed by atoms with E-state index in [4.69, 9.17) is 16.3 Å². The van der Waals surface area contributed by atoms with Crippen molar-refractivity contribution < 1.29 is 14.6 Å². The molecule has 0 unspecified atom stereocenters. The summed E-state index contributed by atoms with van der Waals surface area (Å²) >= 11 is 5.98. The second-order valence-corrected chi connectivity index (χ2v) is 6.70. The molecule has 0 saturated carbocycles. The summed E-state index contributed by atoms with van der Waals surface area (Å²) in [6, 6.07) is 5.47. The van der Waals surface area contributed by atoms with Gasteiger partial charge in [-0.1, -0.05) is 17.7 Å². The van der Waals surface area contributed by atoms with Gasteiger partial charge < -0.3 is 14.7 Å². The van der Waals surface area contributed by atoms with Crippen molar-refractivity contribution in [3.63, 3.8) is 0 Å². The summed E-state index contributed by atoms with van der Waals surface area (Å²) in [5, 5.41) is 10.8. The highest BCUT2D eigenvalue weighted by atomic mass is 35.5. The summed E-state index contributed by atoms with van der Waals surface area (Å²) in [6.07, 6.45) is -0.625. The number of carbonyl (C=O) groups is 1. The number of aryl methyl sites for hydroxylation is 1. The normalized spacial score (nSPS) is 12.9. The fourth-order valence-corrected chi connectivity index (χ4v) is 2.17. The molecule has 1 aromatic carbocycles. The molecule has 0 bridgehead atoms. The number of carbonyl (C=O) groups excluding carboxylic acids is 1. The number of aliphatic hydroxyl groups is 1. The van der Waals surface area contributed by atoms with Gasteiger partial charge in [-0.25, -0.2) is 4.79 Å².